The molecule has 0 bridgehead atoms. The first-order valence-corrected chi connectivity index (χ1v) is 8.10. The topological polar surface area (TPSA) is 50.4 Å². The number of hydrogen-bond donors (Lipinski definition) is 2. The molecular weight excluding hydrogens is 303 g/mol. The molecule has 1 amide bonds. The Bertz CT molecular complexity index is 640. The SMILES string of the molecule is O=C(Nc1ccc(NC[C@H]2CCCO2)c(F)c1)c1cccs1. The van der Waals surface area contributed by atoms with Gasteiger partial charge in [0.2, 0.25) is 0 Å². The van der Waals surface area contributed by atoms with Gasteiger partial charge in [-0.1, -0.05) is 6.07 Å². The molecule has 1 saturated heterocycles. The standard InChI is InChI=1S/C16H17FN2O2S/c17-13-9-11(19-16(20)15-4-2-8-22-15)5-6-14(13)18-10-12-3-1-7-21-12/h2,4-6,8-9,12,18H,1,3,7,10H2,(H,19,20)/t12-/m1/s1. The molecule has 2 N–H and O–H groups in total. The minimum atomic E-state index is -0.387. The average molecular weight is 320 g/mol. The molecule has 6 heteroatoms. The quantitative estimate of drug-likeness (QED) is 0.882. The lowest BCUT2D eigenvalue weighted by molar-refractivity contribution is 0.103. The fourth-order valence-electron chi connectivity index (χ4n) is 2.37. The molecule has 2 aromatic rings. The molecule has 1 aromatic heterocycles. The predicted molar refractivity (Wildman–Crippen MR) is 86.1 cm³/mol. The second-order valence-corrected chi connectivity index (χ2v) is 6.09. The van der Waals surface area contributed by atoms with Crippen molar-refractivity contribution in [3.8, 4) is 0 Å². The van der Waals surface area contributed by atoms with Gasteiger partial charge in [0, 0.05) is 18.8 Å². The van der Waals surface area contributed by atoms with Crippen LogP contribution in [0.1, 0.15) is 22.5 Å². The van der Waals surface area contributed by atoms with Crippen LogP contribution >= 0.6 is 11.3 Å². The summed E-state index contributed by atoms with van der Waals surface area (Å²) in [7, 11) is 0. The molecule has 0 aliphatic carbocycles. The van der Waals surface area contributed by atoms with Gasteiger partial charge in [-0.05, 0) is 42.5 Å². The summed E-state index contributed by atoms with van der Waals surface area (Å²) < 4.78 is 19.6. The number of ether oxygens (including phenoxy) is 1. The van der Waals surface area contributed by atoms with Gasteiger partial charge in [0.15, 0.2) is 0 Å². The van der Waals surface area contributed by atoms with Crippen LogP contribution in [-0.4, -0.2) is 25.2 Å². The monoisotopic (exact) mass is 320 g/mol. The summed E-state index contributed by atoms with van der Waals surface area (Å²) in [5.41, 5.74) is 0.864. The highest BCUT2D eigenvalue weighted by Gasteiger charge is 2.16. The zero-order chi connectivity index (χ0) is 15.4. The Morgan fingerprint density at radius 3 is 3.00 bits per heavy atom. The van der Waals surface area contributed by atoms with Crippen LogP contribution in [0.3, 0.4) is 0 Å². The summed E-state index contributed by atoms with van der Waals surface area (Å²) in [5.74, 6) is -0.614. The molecule has 3 rings (SSSR count). The van der Waals surface area contributed by atoms with Crippen LogP contribution in [-0.2, 0) is 4.74 Å². The summed E-state index contributed by atoms with van der Waals surface area (Å²) in [4.78, 5) is 12.5. The van der Waals surface area contributed by atoms with Gasteiger partial charge in [-0.15, -0.1) is 11.3 Å². The van der Waals surface area contributed by atoms with Crippen molar-refractivity contribution in [1.82, 2.24) is 0 Å². The van der Waals surface area contributed by atoms with Gasteiger partial charge in [-0.3, -0.25) is 4.79 Å². The summed E-state index contributed by atoms with van der Waals surface area (Å²) >= 11 is 1.35. The van der Waals surface area contributed by atoms with Gasteiger partial charge in [0.05, 0.1) is 16.7 Å². The van der Waals surface area contributed by atoms with E-state index < -0.39 is 0 Å². The van der Waals surface area contributed by atoms with E-state index in [1.807, 2.05) is 5.38 Å². The first kappa shape index (κ1) is 15.0. The lowest BCUT2D eigenvalue weighted by atomic mass is 10.2. The van der Waals surface area contributed by atoms with Crippen molar-refractivity contribution >= 4 is 28.6 Å². The normalized spacial score (nSPS) is 17.4. The van der Waals surface area contributed by atoms with E-state index in [1.165, 1.54) is 17.4 Å². The highest BCUT2D eigenvalue weighted by Crippen LogP contribution is 2.21. The molecule has 1 atom stereocenters. The fourth-order valence-corrected chi connectivity index (χ4v) is 2.98. The number of carbonyl (C=O) groups excluding carboxylic acids is 1. The number of rotatable bonds is 5. The number of amides is 1. The average Bonchev–Trinajstić information content (AvgIpc) is 3.20. The maximum absolute atomic E-state index is 14.1. The highest BCUT2D eigenvalue weighted by atomic mass is 32.1. The van der Waals surface area contributed by atoms with Gasteiger partial charge in [-0.2, -0.15) is 0 Å². The molecule has 0 unspecified atom stereocenters. The largest absolute Gasteiger partial charge is 0.380 e. The molecule has 1 aromatic carbocycles. The number of halogens is 1. The molecule has 22 heavy (non-hydrogen) atoms. The Labute approximate surface area is 132 Å². The Morgan fingerprint density at radius 1 is 1.41 bits per heavy atom. The highest BCUT2D eigenvalue weighted by molar-refractivity contribution is 7.12. The molecule has 2 heterocycles. The van der Waals surface area contributed by atoms with Gasteiger partial charge in [-0.25, -0.2) is 4.39 Å². The molecule has 0 radical (unpaired) electrons. The van der Waals surface area contributed by atoms with Crippen molar-refractivity contribution < 1.29 is 13.9 Å². The van der Waals surface area contributed by atoms with Crippen LogP contribution in [0.15, 0.2) is 35.7 Å². The lowest BCUT2D eigenvalue weighted by Gasteiger charge is -2.13. The first-order chi connectivity index (χ1) is 10.7. The maximum Gasteiger partial charge on any atom is 0.265 e. The van der Waals surface area contributed by atoms with Gasteiger partial charge < -0.3 is 15.4 Å². The van der Waals surface area contributed by atoms with E-state index in [9.17, 15) is 9.18 Å². The van der Waals surface area contributed by atoms with Crippen molar-refractivity contribution in [3.63, 3.8) is 0 Å². The summed E-state index contributed by atoms with van der Waals surface area (Å²) in [5, 5.41) is 7.57. The van der Waals surface area contributed by atoms with Crippen LogP contribution < -0.4 is 10.6 Å². The van der Waals surface area contributed by atoms with Crippen LogP contribution in [0.25, 0.3) is 0 Å². The van der Waals surface area contributed by atoms with Crippen LogP contribution in [0.2, 0.25) is 0 Å². The van der Waals surface area contributed by atoms with Crippen LogP contribution in [0, 0.1) is 5.82 Å². The molecule has 1 fully saturated rings. The first-order valence-electron chi connectivity index (χ1n) is 7.22. The van der Waals surface area contributed by atoms with Gasteiger partial charge >= 0.3 is 0 Å². The van der Waals surface area contributed by atoms with Crippen LogP contribution in [0.4, 0.5) is 15.8 Å². The Morgan fingerprint density at radius 2 is 2.32 bits per heavy atom. The molecule has 4 nitrogen and oxygen atoms in total. The smallest absolute Gasteiger partial charge is 0.265 e. The number of hydrogen-bond acceptors (Lipinski definition) is 4. The van der Waals surface area contributed by atoms with Gasteiger partial charge in [0.25, 0.3) is 5.91 Å². The molecule has 1 aliphatic rings. The summed E-state index contributed by atoms with van der Waals surface area (Å²) in [6, 6.07) is 8.18. The molecule has 1 aliphatic heterocycles. The van der Waals surface area contributed by atoms with Crippen molar-refractivity contribution in [2.24, 2.45) is 0 Å². The van der Waals surface area contributed by atoms with E-state index in [0.717, 1.165) is 19.4 Å². The van der Waals surface area contributed by atoms with Crippen molar-refractivity contribution in [3.05, 3.63) is 46.4 Å². The van der Waals surface area contributed by atoms with E-state index in [0.29, 0.717) is 22.8 Å². The van der Waals surface area contributed by atoms with Crippen LogP contribution in [0.5, 0.6) is 0 Å². The second kappa shape index (κ2) is 6.89. The minimum Gasteiger partial charge on any atom is -0.380 e. The van der Waals surface area contributed by atoms with E-state index in [2.05, 4.69) is 10.6 Å². The maximum atomic E-state index is 14.1. The molecule has 0 saturated carbocycles. The number of benzene rings is 1. The second-order valence-electron chi connectivity index (χ2n) is 5.14. The molecular formula is C16H17FN2O2S. The summed E-state index contributed by atoms with van der Waals surface area (Å²) in [6.45, 7) is 1.38. The van der Waals surface area contributed by atoms with E-state index >= 15 is 0 Å². The van der Waals surface area contributed by atoms with Crippen molar-refractivity contribution in [2.75, 3.05) is 23.8 Å². The van der Waals surface area contributed by atoms with Crippen molar-refractivity contribution in [1.29, 1.82) is 0 Å². The number of nitrogens with one attached hydrogen (secondary N) is 2. The Balaban J connectivity index is 1.60. The fraction of sp³-hybridized carbons (Fsp3) is 0.312. The van der Waals surface area contributed by atoms with E-state index in [4.69, 9.17) is 4.74 Å². The van der Waals surface area contributed by atoms with Crippen molar-refractivity contribution in [2.45, 2.75) is 18.9 Å². The lowest BCUT2D eigenvalue weighted by Crippen LogP contribution is -2.19. The predicted octanol–water partition coefficient (Wildman–Crippen LogP) is 3.73. The molecule has 116 valence electrons. The molecule has 0 spiro atoms. The number of thiophene rings is 1. The number of anilines is 2. The zero-order valence-electron chi connectivity index (χ0n) is 12.0. The van der Waals surface area contributed by atoms with Gasteiger partial charge in [0.1, 0.15) is 5.82 Å². The Kier molecular flexibility index (Phi) is 4.70. The van der Waals surface area contributed by atoms with E-state index in [1.54, 1.807) is 24.3 Å². The third-order valence-electron chi connectivity index (χ3n) is 3.52. The minimum absolute atomic E-state index is 0.151. The summed E-state index contributed by atoms with van der Waals surface area (Å²) in [6.07, 6.45) is 2.21. The Hall–Kier alpha value is -1.92. The zero-order valence-corrected chi connectivity index (χ0v) is 12.8. The third kappa shape index (κ3) is 3.64. The number of carbonyl (C=O) groups is 1. The third-order valence-corrected chi connectivity index (χ3v) is 4.38. The van der Waals surface area contributed by atoms with E-state index in [-0.39, 0.29) is 17.8 Å².